The lowest BCUT2D eigenvalue weighted by Gasteiger charge is -2.10. The second-order valence-electron chi connectivity index (χ2n) is 2.98. The predicted molar refractivity (Wildman–Crippen MR) is 56.4 cm³/mol. The molecule has 0 N–H and O–H groups in total. The molecular formula is C10H12O4S. The van der Waals surface area contributed by atoms with Gasteiger partial charge < -0.3 is 9.47 Å². The van der Waals surface area contributed by atoms with E-state index in [2.05, 4.69) is 4.74 Å². The van der Waals surface area contributed by atoms with E-state index in [4.69, 9.17) is 4.74 Å². The number of carbonyl (C=O) groups excluding carboxylic acids is 2. The summed E-state index contributed by atoms with van der Waals surface area (Å²) in [6.45, 7) is 3.08. The van der Waals surface area contributed by atoms with E-state index in [1.807, 2.05) is 0 Å². The van der Waals surface area contributed by atoms with Gasteiger partial charge in [0, 0.05) is 0 Å². The number of ether oxygens (including phenoxy) is 2. The zero-order valence-corrected chi connectivity index (χ0v) is 9.59. The second kappa shape index (κ2) is 4.93. The van der Waals surface area contributed by atoms with Crippen molar-refractivity contribution >= 4 is 23.1 Å². The molecule has 1 aromatic rings. The maximum atomic E-state index is 11.3. The Morgan fingerprint density at radius 3 is 2.67 bits per heavy atom. The van der Waals surface area contributed by atoms with E-state index in [9.17, 15) is 9.59 Å². The summed E-state index contributed by atoms with van der Waals surface area (Å²) < 4.78 is 9.91. The SMILES string of the molecule is COC(=O)c1sccc1O[C@H](C)C(C)=O. The monoisotopic (exact) mass is 228 g/mol. The molecule has 5 heteroatoms. The molecule has 0 aromatic carbocycles. The average molecular weight is 228 g/mol. The molecule has 0 saturated heterocycles. The fourth-order valence-electron chi connectivity index (χ4n) is 0.905. The normalized spacial score (nSPS) is 11.9. The van der Waals surface area contributed by atoms with Gasteiger partial charge in [-0.15, -0.1) is 11.3 Å². The first-order valence-corrected chi connectivity index (χ1v) is 5.27. The Morgan fingerprint density at radius 2 is 2.13 bits per heavy atom. The number of hydrogen-bond donors (Lipinski definition) is 0. The molecule has 0 unspecified atom stereocenters. The number of ketones is 1. The van der Waals surface area contributed by atoms with E-state index in [-0.39, 0.29) is 5.78 Å². The maximum absolute atomic E-state index is 11.3. The first-order chi connectivity index (χ1) is 7.06. The van der Waals surface area contributed by atoms with Gasteiger partial charge in [0.2, 0.25) is 0 Å². The summed E-state index contributed by atoms with van der Waals surface area (Å²) in [5.41, 5.74) is 0. The van der Waals surface area contributed by atoms with E-state index in [0.717, 1.165) is 0 Å². The van der Waals surface area contributed by atoms with Gasteiger partial charge in [-0.05, 0) is 25.3 Å². The largest absolute Gasteiger partial charge is 0.481 e. The molecule has 82 valence electrons. The van der Waals surface area contributed by atoms with Gasteiger partial charge in [-0.2, -0.15) is 0 Å². The smallest absolute Gasteiger partial charge is 0.351 e. The first kappa shape index (κ1) is 11.7. The van der Waals surface area contributed by atoms with Gasteiger partial charge in [0.1, 0.15) is 5.75 Å². The van der Waals surface area contributed by atoms with Gasteiger partial charge in [0.05, 0.1) is 7.11 Å². The molecule has 0 spiro atoms. The third-order valence-electron chi connectivity index (χ3n) is 1.88. The zero-order chi connectivity index (χ0) is 11.4. The minimum Gasteiger partial charge on any atom is -0.481 e. The molecule has 0 radical (unpaired) electrons. The Hall–Kier alpha value is -1.36. The Labute approximate surface area is 91.8 Å². The zero-order valence-electron chi connectivity index (χ0n) is 8.77. The summed E-state index contributed by atoms with van der Waals surface area (Å²) in [6, 6.07) is 1.65. The molecule has 1 heterocycles. The van der Waals surface area contributed by atoms with Crippen LogP contribution in [0.1, 0.15) is 23.5 Å². The highest BCUT2D eigenvalue weighted by Gasteiger charge is 2.18. The van der Waals surface area contributed by atoms with Crippen LogP contribution in [0.4, 0.5) is 0 Å². The summed E-state index contributed by atoms with van der Waals surface area (Å²) in [7, 11) is 1.31. The number of esters is 1. The third kappa shape index (κ3) is 2.79. The fraction of sp³-hybridized carbons (Fsp3) is 0.400. The van der Waals surface area contributed by atoms with Crippen LogP contribution in [0.15, 0.2) is 11.4 Å². The van der Waals surface area contributed by atoms with Crippen molar-refractivity contribution < 1.29 is 19.1 Å². The number of Topliss-reactive ketones (excluding diaryl/α,β-unsaturated/α-hetero) is 1. The Morgan fingerprint density at radius 1 is 1.47 bits per heavy atom. The van der Waals surface area contributed by atoms with Gasteiger partial charge in [0.15, 0.2) is 16.8 Å². The lowest BCUT2D eigenvalue weighted by atomic mass is 10.3. The molecule has 15 heavy (non-hydrogen) atoms. The van der Waals surface area contributed by atoms with Gasteiger partial charge in [-0.25, -0.2) is 4.79 Å². The van der Waals surface area contributed by atoms with Crippen molar-refractivity contribution in [1.29, 1.82) is 0 Å². The van der Waals surface area contributed by atoms with E-state index in [1.54, 1.807) is 18.4 Å². The minimum atomic E-state index is -0.553. The Bertz CT molecular complexity index is 369. The highest BCUT2D eigenvalue weighted by Crippen LogP contribution is 2.26. The number of hydrogen-bond acceptors (Lipinski definition) is 5. The third-order valence-corrected chi connectivity index (χ3v) is 2.75. The molecule has 0 aliphatic rings. The summed E-state index contributed by atoms with van der Waals surface area (Å²) in [6.07, 6.45) is -0.553. The molecular weight excluding hydrogens is 216 g/mol. The lowest BCUT2D eigenvalue weighted by molar-refractivity contribution is -0.122. The summed E-state index contributed by atoms with van der Waals surface area (Å²) in [5, 5.41) is 1.72. The molecule has 4 nitrogen and oxygen atoms in total. The predicted octanol–water partition coefficient (Wildman–Crippen LogP) is 1.89. The van der Waals surface area contributed by atoms with Crippen LogP contribution in [0.25, 0.3) is 0 Å². The van der Waals surface area contributed by atoms with Crippen LogP contribution in [-0.2, 0) is 9.53 Å². The van der Waals surface area contributed by atoms with Crippen molar-refractivity contribution in [2.45, 2.75) is 20.0 Å². The van der Waals surface area contributed by atoms with Gasteiger partial charge >= 0.3 is 5.97 Å². The van der Waals surface area contributed by atoms with E-state index in [1.165, 1.54) is 25.4 Å². The molecule has 0 aliphatic heterocycles. The van der Waals surface area contributed by atoms with Crippen molar-refractivity contribution in [2.24, 2.45) is 0 Å². The molecule has 0 saturated carbocycles. The van der Waals surface area contributed by atoms with E-state index < -0.39 is 12.1 Å². The average Bonchev–Trinajstić information content (AvgIpc) is 2.64. The quantitative estimate of drug-likeness (QED) is 0.738. The molecule has 1 aromatic heterocycles. The second-order valence-corrected chi connectivity index (χ2v) is 3.89. The summed E-state index contributed by atoms with van der Waals surface area (Å²) >= 11 is 1.23. The number of thiophene rings is 1. The van der Waals surface area contributed by atoms with Crippen molar-refractivity contribution in [3.63, 3.8) is 0 Å². The topological polar surface area (TPSA) is 52.6 Å². The molecule has 1 atom stereocenters. The number of rotatable bonds is 4. The van der Waals surface area contributed by atoms with E-state index in [0.29, 0.717) is 10.6 Å². The summed E-state index contributed by atoms with van der Waals surface area (Å²) in [5.74, 6) is -0.137. The van der Waals surface area contributed by atoms with Crippen LogP contribution >= 0.6 is 11.3 Å². The summed E-state index contributed by atoms with van der Waals surface area (Å²) in [4.78, 5) is 22.6. The van der Waals surface area contributed by atoms with Crippen LogP contribution in [0.2, 0.25) is 0 Å². The number of methoxy groups -OCH3 is 1. The van der Waals surface area contributed by atoms with Crippen LogP contribution in [0, 0.1) is 0 Å². The number of carbonyl (C=O) groups is 2. The molecule has 0 amide bonds. The standard InChI is InChI=1S/C10H12O4S/c1-6(11)7(2)14-8-4-5-15-9(8)10(12)13-3/h4-5,7H,1-3H3/t7-/m1/s1. The van der Waals surface area contributed by atoms with Gasteiger partial charge in [-0.1, -0.05) is 0 Å². The van der Waals surface area contributed by atoms with Crippen LogP contribution in [0.5, 0.6) is 5.75 Å². The lowest BCUT2D eigenvalue weighted by Crippen LogP contribution is -2.21. The maximum Gasteiger partial charge on any atom is 0.351 e. The highest BCUT2D eigenvalue weighted by molar-refractivity contribution is 7.12. The molecule has 1 rings (SSSR count). The van der Waals surface area contributed by atoms with Crippen LogP contribution in [0.3, 0.4) is 0 Å². The van der Waals surface area contributed by atoms with Crippen LogP contribution in [-0.4, -0.2) is 25.0 Å². The van der Waals surface area contributed by atoms with Crippen molar-refractivity contribution in [2.75, 3.05) is 7.11 Å². The van der Waals surface area contributed by atoms with Gasteiger partial charge in [-0.3, -0.25) is 4.79 Å². The fourth-order valence-corrected chi connectivity index (χ4v) is 1.64. The Balaban J connectivity index is 2.82. The van der Waals surface area contributed by atoms with Crippen molar-refractivity contribution in [3.8, 4) is 5.75 Å². The molecule has 0 bridgehead atoms. The Kier molecular flexibility index (Phi) is 3.85. The van der Waals surface area contributed by atoms with Crippen LogP contribution < -0.4 is 4.74 Å². The molecule has 0 aliphatic carbocycles. The van der Waals surface area contributed by atoms with Gasteiger partial charge in [0.25, 0.3) is 0 Å². The minimum absolute atomic E-state index is 0.0861. The molecule has 0 fully saturated rings. The van der Waals surface area contributed by atoms with Crippen molar-refractivity contribution in [1.82, 2.24) is 0 Å². The van der Waals surface area contributed by atoms with E-state index >= 15 is 0 Å². The highest BCUT2D eigenvalue weighted by atomic mass is 32.1. The first-order valence-electron chi connectivity index (χ1n) is 4.39. The van der Waals surface area contributed by atoms with Crippen molar-refractivity contribution in [3.05, 3.63) is 16.3 Å².